The van der Waals surface area contributed by atoms with Gasteiger partial charge in [-0.25, -0.2) is 4.79 Å². The van der Waals surface area contributed by atoms with E-state index in [-0.39, 0.29) is 24.3 Å². The molecule has 3 unspecified atom stereocenters. The molecule has 1 saturated heterocycles. The molecular formula is C11H19N3O4. The minimum atomic E-state index is -0.944. The van der Waals surface area contributed by atoms with Gasteiger partial charge in [0.15, 0.2) is 0 Å². The van der Waals surface area contributed by atoms with Crippen LogP contribution in [0.2, 0.25) is 0 Å². The van der Waals surface area contributed by atoms with Crippen molar-refractivity contribution in [2.45, 2.75) is 38.4 Å². The average Bonchev–Trinajstić information content (AvgIpc) is 2.33. The second-order valence-corrected chi connectivity index (χ2v) is 4.38. The van der Waals surface area contributed by atoms with Gasteiger partial charge in [0.25, 0.3) is 0 Å². The first kappa shape index (κ1) is 14.4. The third-order valence-electron chi connectivity index (χ3n) is 2.72. The summed E-state index contributed by atoms with van der Waals surface area (Å²) in [5, 5.41) is 8.21. The van der Waals surface area contributed by atoms with E-state index in [1.165, 1.54) is 7.11 Å². The monoisotopic (exact) mass is 257 g/mol. The highest BCUT2D eigenvalue weighted by atomic mass is 16.5. The van der Waals surface area contributed by atoms with E-state index in [1.54, 1.807) is 6.92 Å². The Morgan fingerprint density at radius 1 is 1.33 bits per heavy atom. The predicted octanol–water partition coefficient (Wildman–Crippen LogP) is -1.47. The maximum absolute atomic E-state index is 11.8. The summed E-state index contributed by atoms with van der Waals surface area (Å²) in [4.78, 5) is 34.8. The first-order chi connectivity index (χ1) is 8.43. The number of hydrogen-bond acceptors (Lipinski definition) is 5. The molecule has 102 valence electrons. The van der Waals surface area contributed by atoms with Crippen LogP contribution in [-0.2, 0) is 19.1 Å². The molecule has 3 N–H and O–H groups in total. The van der Waals surface area contributed by atoms with Gasteiger partial charge in [-0.1, -0.05) is 0 Å². The van der Waals surface area contributed by atoms with Gasteiger partial charge >= 0.3 is 5.97 Å². The van der Waals surface area contributed by atoms with E-state index in [1.807, 2.05) is 6.92 Å². The molecule has 18 heavy (non-hydrogen) atoms. The van der Waals surface area contributed by atoms with E-state index in [4.69, 9.17) is 0 Å². The van der Waals surface area contributed by atoms with Crippen molar-refractivity contribution in [1.82, 2.24) is 16.0 Å². The zero-order chi connectivity index (χ0) is 13.7. The highest BCUT2D eigenvalue weighted by molar-refractivity contribution is 5.91. The summed E-state index contributed by atoms with van der Waals surface area (Å²) in [6.07, 6.45) is -0.113. The van der Waals surface area contributed by atoms with Crippen LogP contribution in [0.1, 0.15) is 20.3 Å². The fourth-order valence-electron chi connectivity index (χ4n) is 1.72. The summed E-state index contributed by atoms with van der Waals surface area (Å²) in [7, 11) is 1.22. The first-order valence-corrected chi connectivity index (χ1v) is 5.85. The molecule has 3 atom stereocenters. The number of carbonyl (C=O) groups excluding carboxylic acids is 3. The number of carbonyl (C=O) groups is 3. The Morgan fingerprint density at radius 2 is 2.00 bits per heavy atom. The number of esters is 1. The van der Waals surface area contributed by atoms with Crippen molar-refractivity contribution in [3.63, 3.8) is 0 Å². The lowest BCUT2D eigenvalue weighted by atomic mass is 10.1. The van der Waals surface area contributed by atoms with Gasteiger partial charge in [0.2, 0.25) is 11.8 Å². The van der Waals surface area contributed by atoms with E-state index >= 15 is 0 Å². The Kier molecular flexibility index (Phi) is 5.08. The molecule has 1 aliphatic rings. The second-order valence-electron chi connectivity index (χ2n) is 4.38. The molecule has 1 heterocycles. The van der Waals surface area contributed by atoms with Gasteiger partial charge in [-0.3, -0.25) is 9.59 Å². The molecule has 0 saturated carbocycles. The Hall–Kier alpha value is -1.63. The zero-order valence-corrected chi connectivity index (χ0v) is 10.8. The molecule has 1 fully saturated rings. The smallest absolute Gasteiger partial charge is 0.328 e. The highest BCUT2D eigenvalue weighted by Gasteiger charge is 2.28. The molecule has 0 spiro atoms. The van der Waals surface area contributed by atoms with Crippen LogP contribution in [0.5, 0.6) is 0 Å². The quantitative estimate of drug-likeness (QED) is 0.498. The molecule has 0 aromatic heterocycles. The predicted molar refractivity (Wildman–Crippen MR) is 63.6 cm³/mol. The number of amides is 2. The SMILES string of the molecule is COC(=O)C1CC(=O)NCC(C)NC(C)C(=O)N1. The molecule has 0 radical (unpaired) electrons. The van der Waals surface area contributed by atoms with Crippen LogP contribution in [0.3, 0.4) is 0 Å². The average molecular weight is 257 g/mol. The van der Waals surface area contributed by atoms with Crippen molar-refractivity contribution >= 4 is 17.8 Å². The van der Waals surface area contributed by atoms with Gasteiger partial charge in [-0.05, 0) is 13.8 Å². The van der Waals surface area contributed by atoms with Gasteiger partial charge in [-0.15, -0.1) is 0 Å². The summed E-state index contributed by atoms with van der Waals surface area (Å²) >= 11 is 0. The first-order valence-electron chi connectivity index (χ1n) is 5.85. The van der Waals surface area contributed by atoms with Crippen molar-refractivity contribution in [1.29, 1.82) is 0 Å². The van der Waals surface area contributed by atoms with E-state index in [0.29, 0.717) is 6.54 Å². The number of hydrogen-bond donors (Lipinski definition) is 3. The lowest BCUT2D eigenvalue weighted by Gasteiger charge is -2.25. The molecule has 0 bridgehead atoms. The van der Waals surface area contributed by atoms with Crippen molar-refractivity contribution in [2.24, 2.45) is 0 Å². The molecule has 2 amide bonds. The van der Waals surface area contributed by atoms with Crippen LogP contribution < -0.4 is 16.0 Å². The molecule has 1 rings (SSSR count). The molecular weight excluding hydrogens is 238 g/mol. The maximum atomic E-state index is 11.8. The van der Waals surface area contributed by atoms with Gasteiger partial charge in [0.05, 0.1) is 19.6 Å². The number of rotatable bonds is 1. The summed E-state index contributed by atoms with van der Waals surface area (Å²) in [6, 6.07) is -1.41. The van der Waals surface area contributed by atoms with Crippen LogP contribution in [0, 0.1) is 0 Å². The molecule has 1 aliphatic heterocycles. The summed E-state index contributed by atoms with van der Waals surface area (Å²) < 4.78 is 4.56. The lowest BCUT2D eigenvalue weighted by Crippen LogP contribution is -2.55. The fraction of sp³-hybridized carbons (Fsp3) is 0.727. The van der Waals surface area contributed by atoms with Gasteiger partial charge in [0.1, 0.15) is 6.04 Å². The number of methoxy groups -OCH3 is 1. The lowest BCUT2D eigenvalue weighted by molar-refractivity contribution is -0.147. The minimum absolute atomic E-state index is 0.0237. The Bertz CT molecular complexity index is 345. The van der Waals surface area contributed by atoms with Gasteiger partial charge in [0, 0.05) is 12.6 Å². The zero-order valence-electron chi connectivity index (χ0n) is 10.8. The third kappa shape index (κ3) is 3.99. The van der Waals surface area contributed by atoms with Crippen molar-refractivity contribution in [3.8, 4) is 0 Å². The largest absolute Gasteiger partial charge is 0.467 e. The summed E-state index contributed by atoms with van der Waals surface area (Å²) in [6.45, 7) is 3.97. The normalized spacial score (nSPS) is 30.1. The number of nitrogens with one attached hydrogen (secondary N) is 3. The number of ether oxygens (including phenoxy) is 1. The molecule has 0 aromatic carbocycles. The van der Waals surface area contributed by atoms with Crippen molar-refractivity contribution in [3.05, 3.63) is 0 Å². The molecule has 0 aliphatic carbocycles. The molecule has 7 heteroatoms. The van der Waals surface area contributed by atoms with Crippen molar-refractivity contribution < 1.29 is 19.1 Å². The van der Waals surface area contributed by atoms with Gasteiger partial charge in [-0.2, -0.15) is 0 Å². The van der Waals surface area contributed by atoms with Crippen LogP contribution in [0.25, 0.3) is 0 Å². The van der Waals surface area contributed by atoms with E-state index in [0.717, 1.165) is 0 Å². The Labute approximate surface area is 106 Å². The molecule has 0 aromatic rings. The van der Waals surface area contributed by atoms with E-state index < -0.39 is 18.1 Å². The van der Waals surface area contributed by atoms with Crippen LogP contribution >= 0.6 is 0 Å². The van der Waals surface area contributed by atoms with Crippen LogP contribution in [-0.4, -0.2) is 49.6 Å². The van der Waals surface area contributed by atoms with Crippen molar-refractivity contribution in [2.75, 3.05) is 13.7 Å². The van der Waals surface area contributed by atoms with E-state index in [2.05, 4.69) is 20.7 Å². The third-order valence-corrected chi connectivity index (χ3v) is 2.72. The fourth-order valence-corrected chi connectivity index (χ4v) is 1.72. The van der Waals surface area contributed by atoms with Gasteiger partial charge < -0.3 is 20.7 Å². The molecule has 7 nitrogen and oxygen atoms in total. The summed E-state index contributed by atoms with van der Waals surface area (Å²) in [5.74, 6) is -1.25. The Balaban J connectivity index is 2.79. The van der Waals surface area contributed by atoms with Crippen LogP contribution in [0.15, 0.2) is 0 Å². The topological polar surface area (TPSA) is 96.5 Å². The standard InChI is InChI=1S/C11H19N3O4/c1-6-5-12-9(15)4-8(11(17)18-3)14-10(16)7(2)13-6/h6-8,13H,4-5H2,1-3H3,(H,12,15)(H,14,16). The Morgan fingerprint density at radius 3 is 2.61 bits per heavy atom. The minimum Gasteiger partial charge on any atom is -0.467 e. The van der Waals surface area contributed by atoms with E-state index in [9.17, 15) is 14.4 Å². The van der Waals surface area contributed by atoms with Crippen LogP contribution in [0.4, 0.5) is 0 Å². The summed E-state index contributed by atoms with van der Waals surface area (Å²) in [5.41, 5.74) is 0. The second kappa shape index (κ2) is 6.34. The maximum Gasteiger partial charge on any atom is 0.328 e. The highest BCUT2D eigenvalue weighted by Crippen LogP contribution is 1.99.